The Morgan fingerprint density at radius 2 is 0.676 bits per heavy atom. The van der Waals surface area contributed by atoms with E-state index in [1.165, 1.54) is 30.9 Å². The Morgan fingerprint density at radius 1 is 0.284 bits per heavy atom. The summed E-state index contributed by atoms with van der Waals surface area (Å²) in [5.41, 5.74) is 7.57. The van der Waals surface area contributed by atoms with Crippen LogP contribution in [0.1, 0.15) is 13.7 Å². The fraction of sp³-hybridized carbons (Fsp3) is 0. The van der Waals surface area contributed by atoms with E-state index in [1.807, 2.05) is 109 Å². The maximum atomic E-state index is 8.81. The molecule has 2 aromatic heterocycles. The molecule has 0 saturated heterocycles. The Morgan fingerprint density at radius 3 is 1.16 bits per heavy atom. The van der Waals surface area contributed by atoms with Gasteiger partial charge in [0.25, 0.3) is 0 Å². The van der Waals surface area contributed by atoms with Gasteiger partial charge in [0.1, 0.15) is 11.2 Å². The molecule has 14 aromatic carbocycles. The molecular weight excluding hydrogens is 913 g/mol. The van der Waals surface area contributed by atoms with E-state index < -0.39 is 6.04 Å². The van der Waals surface area contributed by atoms with Crippen molar-refractivity contribution in [3.8, 4) is 44.5 Å². The van der Waals surface area contributed by atoms with Gasteiger partial charge in [-0.3, -0.25) is 0 Å². The van der Waals surface area contributed by atoms with Crippen molar-refractivity contribution in [1.82, 2.24) is 0 Å². The minimum atomic E-state index is -0.398. The van der Waals surface area contributed by atoms with Gasteiger partial charge in [-0.15, -0.1) is 11.3 Å². The summed E-state index contributed by atoms with van der Waals surface area (Å²) in [6.45, 7) is 0. The molecule has 0 unspecified atom stereocenters. The van der Waals surface area contributed by atoms with Crippen LogP contribution in [0.3, 0.4) is 0 Å². The molecule has 0 aliphatic heterocycles. The highest BCUT2D eigenvalue weighted by Gasteiger charge is 2.22. The molecule has 0 fully saturated rings. The average molecular weight is 967 g/mol. The summed E-state index contributed by atoms with van der Waals surface area (Å²) in [5, 5.41) is 16.3. The van der Waals surface area contributed by atoms with Crippen molar-refractivity contribution in [3.05, 3.63) is 267 Å². The number of rotatable bonds is 4. The van der Waals surface area contributed by atoms with Gasteiger partial charge in [-0.05, 0) is 146 Å². The topological polar surface area (TPSA) is 13.1 Å². The summed E-state index contributed by atoms with van der Waals surface area (Å²) in [5.74, 6) is 0. The Labute approximate surface area is 445 Å². The molecule has 0 saturated carbocycles. The van der Waals surface area contributed by atoms with Crippen LogP contribution in [0.2, 0.25) is 0 Å². The van der Waals surface area contributed by atoms with E-state index in [2.05, 4.69) is 97.1 Å². The Bertz CT molecular complexity index is 5020. The SMILES string of the molecule is [2H]c1c([2H])c([2H])c(-c2c3ccccc3c(-c3cccc4oc5cc6ccccc6cc5c34)c3ccccc23)c([2H])c1[2H].[2H]c1c([2H])c([2H])c(-c2c3ccccc3c(-c3cccc4sc5cc6ccccc6cc5c34)c3ccccc23)c([2H])c1[2H]. The van der Waals surface area contributed by atoms with E-state index in [1.54, 1.807) is 11.3 Å². The second kappa shape index (κ2) is 17.2. The van der Waals surface area contributed by atoms with Crippen molar-refractivity contribution in [2.45, 2.75) is 0 Å². The largest absolute Gasteiger partial charge is 0.456 e. The van der Waals surface area contributed by atoms with Crippen LogP contribution in [0, 0.1) is 0 Å². The van der Waals surface area contributed by atoms with Crippen LogP contribution in [-0.4, -0.2) is 0 Å². The minimum absolute atomic E-state index is 0.193. The molecule has 2 heteroatoms. The first-order valence-electron chi connectivity index (χ1n) is 29.6. The van der Waals surface area contributed by atoms with Crippen molar-refractivity contribution in [1.29, 1.82) is 0 Å². The molecule has 0 N–H and O–H groups in total. The van der Waals surface area contributed by atoms with Crippen LogP contribution < -0.4 is 0 Å². The van der Waals surface area contributed by atoms with Crippen molar-refractivity contribution in [3.63, 3.8) is 0 Å². The van der Waals surface area contributed by atoms with E-state index in [9.17, 15) is 0 Å². The molecule has 0 spiro atoms. The minimum Gasteiger partial charge on any atom is -0.456 e. The number of hydrogen-bond acceptors (Lipinski definition) is 2. The lowest BCUT2D eigenvalue weighted by Crippen LogP contribution is -1.91. The molecular formula is C72H44OS. The van der Waals surface area contributed by atoms with E-state index in [0.29, 0.717) is 11.1 Å². The fourth-order valence-electron chi connectivity index (χ4n) is 11.6. The third kappa shape index (κ3) is 6.69. The van der Waals surface area contributed by atoms with E-state index in [4.69, 9.17) is 18.1 Å². The fourth-order valence-corrected chi connectivity index (χ4v) is 12.7. The van der Waals surface area contributed by atoms with E-state index >= 15 is 0 Å². The molecule has 0 aliphatic rings. The van der Waals surface area contributed by atoms with Gasteiger partial charge in [0.15, 0.2) is 0 Å². The van der Waals surface area contributed by atoms with Crippen LogP contribution in [0.25, 0.3) is 151 Å². The Balaban J connectivity index is 0.000000143. The highest BCUT2D eigenvalue weighted by molar-refractivity contribution is 7.26. The number of hydrogen-bond donors (Lipinski definition) is 0. The molecule has 16 aromatic rings. The molecule has 0 radical (unpaired) electrons. The highest BCUT2D eigenvalue weighted by Crippen LogP contribution is 2.50. The smallest absolute Gasteiger partial charge is 0.136 e. The summed E-state index contributed by atoms with van der Waals surface area (Å²) in [6.07, 6.45) is 0. The summed E-state index contributed by atoms with van der Waals surface area (Å²) >= 11 is 1.80. The van der Waals surface area contributed by atoms with Crippen molar-refractivity contribution in [2.75, 3.05) is 0 Å². The predicted molar refractivity (Wildman–Crippen MR) is 320 cm³/mol. The number of fused-ring (bicyclic) bond motifs is 12. The van der Waals surface area contributed by atoms with Crippen LogP contribution in [-0.2, 0) is 0 Å². The molecule has 2 heterocycles. The second-order valence-corrected chi connectivity index (χ2v) is 19.7. The van der Waals surface area contributed by atoms with Gasteiger partial charge in [0, 0.05) is 30.9 Å². The molecule has 1 nitrogen and oxygen atoms in total. The number of thiophene rings is 1. The van der Waals surface area contributed by atoms with E-state index in [-0.39, 0.29) is 65.5 Å². The van der Waals surface area contributed by atoms with E-state index in [0.717, 1.165) is 98.1 Å². The normalized spacial score (nSPS) is 13.7. The van der Waals surface area contributed by atoms with Gasteiger partial charge in [-0.25, -0.2) is 0 Å². The molecule has 0 amide bonds. The number of furan rings is 1. The lowest BCUT2D eigenvalue weighted by atomic mass is 9.85. The third-order valence-electron chi connectivity index (χ3n) is 14.6. The van der Waals surface area contributed by atoms with Crippen LogP contribution in [0.5, 0.6) is 0 Å². The number of benzene rings is 14. The van der Waals surface area contributed by atoms with Gasteiger partial charge < -0.3 is 4.42 Å². The maximum Gasteiger partial charge on any atom is 0.136 e. The maximum absolute atomic E-state index is 8.81. The second-order valence-electron chi connectivity index (χ2n) is 18.6. The first kappa shape index (κ1) is 33.3. The zero-order chi connectivity index (χ0) is 57.4. The van der Waals surface area contributed by atoms with Crippen LogP contribution in [0.4, 0.5) is 0 Å². The van der Waals surface area contributed by atoms with Crippen molar-refractivity contribution in [2.24, 2.45) is 0 Å². The zero-order valence-electron chi connectivity index (χ0n) is 49.4. The molecule has 0 bridgehead atoms. The highest BCUT2D eigenvalue weighted by atomic mass is 32.1. The van der Waals surface area contributed by atoms with Crippen molar-refractivity contribution < 1.29 is 18.1 Å². The lowest BCUT2D eigenvalue weighted by Gasteiger charge is -2.18. The standard InChI is InChI=1S/C36H22O.C36H22S/c2*1-2-11-23(12-3-1)34-26-15-6-8-17-28(26)35(29-18-9-7-16-27(29)34)30-19-10-20-32-36(30)31-21-24-13-4-5-14-25(24)22-33(31)37-32/h2*1-22H/i2*1D,2D,3D,11D,12D. The molecule has 74 heavy (non-hydrogen) atoms. The molecule has 0 atom stereocenters. The van der Waals surface area contributed by atoms with Gasteiger partial charge in [-0.2, -0.15) is 0 Å². The predicted octanol–water partition coefficient (Wildman–Crippen LogP) is 21.2. The first-order chi connectivity index (χ1) is 40.9. The summed E-state index contributed by atoms with van der Waals surface area (Å²) in [4.78, 5) is 0. The molecule has 16 rings (SSSR count). The molecule has 0 aliphatic carbocycles. The summed E-state index contributed by atoms with van der Waals surface area (Å²) in [6, 6.07) is 67.1. The zero-order valence-corrected chi connectivity index (χ0v) is 40.3. The van der Waals surface area contributed by atoms with Gasteiger partial charge >= 0.3 is 0 Å². The monoisotopic (exact) mass is 966 g/mol. The van der Waals surface area contributed by atoms with Gasteiger partial charge in [0.05, 0.1) is 13.7 Å². The summed E-state index contributed by atoms with van der Waals surface area (Å²) < 4.78 is 93.9. The van der Waals surface area contributed by atoms with Gasteiger partial charge in [-0.1, -0.05) is 230 Å². The first-order valence-corrected chi connectivity index (χ1v) is 25.4. The molecule has 344 valence electrons. The van der Waals surface area contributed by atoms with Crippen LogP contribution in [0.15, 0.2) is 271 Å². The van der Waals surface area contributed by atoms with Gasteiger partial charge in [0.2, 0.25) is 0 Å². The Hall–Kier alpha value is -9.34. The average Bonchev–Trinajstić information content (AvgIpc) is 1.43. The Kier molecular flexibility index (Phi) is 7.73. The van der Waals surface area contributed by atoms with Crippen LogP contribution >= 0.6 is 11.3 Å². The van der Waals surface area contributed by atoms with Crippen molar-refractivity contribution >= 4 is 118 Å². The summed E-state index contributed by atoms with van der Waals surface area (Å²) in [7, 11) is 0. The third-order valence-corrected chi connectivity index (χ3v) is 15.7. The quantitative estimate of drug-likeness (QED) is 0.160. The lowest BCUT2D eigenvalue weighted by molar-refractivity contribution is 0.669.